The molecule has 5 aliphatic heterocycles. The molecule has 2 bridgehead atoms. The number of fused-ring (bicyclic) bond motifs is 5. The minimum atomic E-state index is -1.09. The molecule has 125 heavy (non-hydrogen) atoms. The number of ketones is 3. The number of aliphatic hydroxyl groups is 1. The van der Waals surface area contributed by atoms with Crippen molar-refractivity contribution in [1.82, 2.24) is 60.3 Å². The van der Waals surface area contributed by atoms with E-state index >= 15 is 0 Å². The number of anilines is 4. The highest BCUT2D eigenvalue weighted by atomic mass is 16.6. The summed E-state index contributed by atoms with van der Waals surface area (Å²) in [5.74, 6) is -1.83. The van der Waals surface area contributed by atoms with Crippen LogP contribution in [0.15, 0.2) is 97.0 Å². The number of piperazine rings is 1. The van der Waals surface area contributed by atoms with Crippen LogP contribution in [0.1, 0.15) is 189 Å². The van der Waals surface area contributed by atoms with Gasteiger partial charge in [0.2, 0.25) is 23.6 Å². The van der Waals surface area contributed by atoms with Gasteiger partial charge in [-0.1, -0.05) is 57.2 Å². The molecule has 34 nitrogen and oxygen atoms in total. The van der Waals surface area contributed by atoms with Crippen LogP contribution in [0.2, 0.25) is 0 Å². The first-order valence-corrected chi connectivity index (χ1v) is 44.6. The van der Waals surface area contributed by atoms with Crippen molar-refractivity contribution < 1.29 is 81.4 Å². The van der Waals surface area contributed by atoms with E-state index < -0.39 is 54.0 Å². The van der Waals surface area contributed by atoms with E-state index in [1.54, 1.807) is 50.5 Å². The molecule has 4 fully saturated rings. The Morgan fingerprint density at radius 1 is 0.704 bits per heavy atom. The second-order valence-corrected chi connectivity index (χ2v) is 33.5. The molecule has 9 atom stereocenters. The number of hydrogen-bond donors (Lipinski definition) is 7. The number of unbranched alkanes of at least 4 members (excludes halogenated alkanes) is 1. The summed E-state index contributed by atoms with van der Waals surface area (Å²) in [6, 6.07) is 2.72. The molecular weight excluding hydrogens is 1600 g/mol. The third-order valence-electron chi connectivity index (χ3n) is 24.1. The van der Waals surface area contributed by atoms with Crippen LogP contribution >= 0.6 is 0 Å². The van der Waals surface area contributed by atoms with E-state index in [-0.39, 0.29) is 117 Å². The summed E-state index contributed by atoms with van der Waals surface area (Å²) < 4.78 is 47.1. The Hall–Kier alpha value is -10.4. The van der Waals surface area contributed by atoms with Crippen molar-refractivity contribution in [1.29, 1.82) is 5.41 Å². The van der Waals surface area contributed by atoms with Crippen molar-refractivity contribution in [3.63, 3.8) is 0 Å². The Balaban J connectivity index is 0.539. The summed E-state index contributed by atoms with van der Waals surface area (Å²) in [7, 11) is 1.63. The number of methoxy groups -OCH3 is 1. The minimum Gasteiger partial charge on any atom is -0.460 e. The van der Waals surface area contributed by atoms with Crippen molar-refractivity contribution in [3.05, 3.63) is 125 Å². The number of aromatic amines is 1. The van der Waals surface area contributed by atoms with E-state index in [0.717, 1.165) is 53.5 Å². The van der Waals surface area contributed by atoms with Crippen LogP contribution in [-0.2, 0) is 79.6 Å². The number of allylic oxidation sites excluding steroid dienone is 6. The quantitative estimate of drug-likeness (QED) is 0.00714. The molecule has 0 aromatic carbocycles. The van der Waals surface area contributed by atoms with Crippen LogP contribution in [-0.4, -0.2) is 269 Å². The number of aromatic nitrogens is 8. The number of nitrogens with two attached hydrogens (primary N) is 1. The van der Waals surface area contributed by atoms with Gasteiger partial charge in [0.1, 0.15) is 59.5 Å². The van der Waals surface area contributed by atoms with Gasteiger partial charge in [-0.3, -0.25) is 34.2 Å². The number of nitrogen functional groups attached to an aromatic ring is 1. The molecule has 6 aliphatic rings. The van der Waals surface area contributed by atoms with Gasteiger partial charge in [0.25, 0.3) is 11.8 Å². The van der Waals surface area contributed by atoms with E-state index in [1.165, 1.54) is 23.6 Å². The van der Waals surface area contributed by atoms with Crippen LogP contribution in [0.25, 0.3) is 11.0 Å². The number of ether oxygens (including phenoxy) is 8. The van der Waals surface area contributed by atoms with Crippen molar-refractivity contribution in [2.24, 2.45) is 23.7 Å². The lowest BCUT2D eigenvalue weighted by Crippen LogP contribution is -2.54. The van der Waals surface area contributed by atoms with Gasteiger partial charge in [-0.15, -0.1) is 0 Å². The summed E-state index contributed by atoms with van der Waals surface area (Å²) in [6.45, 7) is 16.7. The maximum atomic E-state index is 14.5. The number of carbonyl (C=O) groups is 8. The summed E-state index contributed by atoms with van der Waals surface area (Å²) in [5, 5.41) is 30.0. The number of hydrogen-bond acceptors (Lipinski definition) is 29. The van der Waals surface area contributed by atoms with Crippen molar-refractivity contribution in [2.45, 2.75) is 212 Å². The summed E-state index contributed by atoms with van der Waals surface area (Å²) in [6.07, 6.45) is 26.9. The Morgan fingerprint density at radius 2 is 1.42 bits per heavy atom. The molecule has 11 rings (SSSR count). The fraction of sp³-hybridized carbons (Fsp3) is 0.604. The van der Waals surface area contributed by atoms with E-state index in [2.05, 4.69) is 55.7 Å². The van der Waals surface area contributed by atoms with Gasteiger partial charge in [0, 0.05) is 157 Å². The maximum absolute atomic E-state index is 14.5. The number of rotatable bonds is 31. The lowest BCUT2D eigenvalue weighted by atomic mass is 9.83. The highest BCUT2D eigenvalue weighted by molar-refractivity contribution is 6.38. The fourth-order valence-corrected chi connectivity index (χ4v) is 16.6. The molecule has 2 unspecified atom stereocenters. The molecule has 678 valence electrons. The van der Waals surface area contributed by atoms with E-state index in [0.29, 0.717) is 215 Å². The summed E-state index contributed by atoms with van der Waals surface area (Å²) in [4.78, 5) is 152. The molecule has 10 heterocycles. The van der Waals surface area contributed by atoms with Crippen LogP contribution in [0.3, 0.4) is 0 Å². The van der Waals surface area contributed by atoms with Crippen LogP contribution in [0.4, 0.5) is 28.3 Å². The molecule has 34 heteroatoms. The standard InChI is InChI=1S/C91H127N17O17/c1-59-15-8-7-9-16-60(2)78(118-6)51-70-17-14-19-77(123-70)82(113)87(115)108-33-13-10-18-73(108)88(116)124-71(50-74(109)62(4)48-63(5)76(111)52-75(110)61(3)47-59)25-22-64-20-23-69(24-21-64)125-91(117)107-34-27-72-68(57-107)56-101-90(104-72)106-37-35-105(36-38-106)89-99-54-67(55-100-89)86(114)97-32-40-120-42-44-122-46-45-121-43-41-119-39-28-79(112)94-29-11-12-30-95-85-80(83(93)102-58-103-85)81(92)66-49-65-26-31-96-84(65)98-53-66/h7-9,15-16,26,31,48-49,53-56,58-59,61-62,64,69-71,73,76-78,92,111H,10-14,17-25,27-30,32-47,50-52,57H2,1-6H3,(H,94,112)(H,96,98)(H,97,114)(H3,93,95,102,103)/b9-7+,15-8+,60-16+,63-48+,92-81?/t59-,61-,62-,64-,69-,70?,71-,73+,76+,77?,78+/m1/s1. The normalized spacial score (nSPS) is 25.1. The smallest absolute Gasteiger partial charge is 0.410 e. The number of nitrogens with one attached hydrogen (secondary N) is 5. The zero-order valence-corrected chi connectivity index (χ0v) is 73.3. The molecule has 3 saturated heterocycles. The zero-order valence-electron chi connectivity index (χ0n) is 73.3. The third-order valence-corrected chi connectivity index (χ3v) is 24.1. The largest absolute Gasteiger partial charge is 0.460 e. The van der Waals surface area contributed by atoms with Crippen molar-refractivity contribution >= 4 is 87.4 Å². The van der Waals surface area contributed by atoms with Gasteiger partial charge in [0.15, 0.2) is 0 Å². The number of esters is 1. The number of Topliss-reactive ketones (excluding diaryl/α,β-unsaturated/α-hetero) is 3. The molecule has 4 amide bonds. The highest BCUT2D eigenvalue weighted by Crippen LogP contribution is 2.35. The van der Waals surface area contributed by atoms with E-state index in [1.807, 2.05) is 63.3 Å². The molecule has 0 spiro atoms. The van der Waals surface area contributed by atoms with Gasteiger partial charge < -0.3 is 89.3 Å². The molecule has 1 saturated carbocycles. The van der Waals surface area contributed by atoms with Gasteiger partial charge in [-0.25, -0.2) is 44.5 Å². The Morgan fingerprint density at radius 3 is 2.17 bits per heavy atom. The lowest BCUT2D eigenvalue weighted by Gasteiger charge is -2.36. The lowest BCUT2D eigenvalue weighted by molar-refractivity contribution is -0.167. The monoisotopic (exact) mass is 1730 g/mol. The van der Waals surface area contributed by atoms with Gasteiger partial charge >= 0.3 is 12.1 Å². The number of aliphatic hydroxyl groups excluding tert-OH is 1. The molecule has 8 N–H and O–H groups in total. The Labute approximate surface area is 731 Å². The second-order valence-electron chi connectivity index (χ2n) is 33.5. The number of H-pyrrole nitrogens is 1. The highest BCUT2D eigenvalue weighted by Gasteiger charge is 2.42. The first-order valence-electron chi connectivity index (χ1n) is 44.6. The maximum Gasteiger partial charge on any atom is 0.410 e. The van der Waals surface area contributed by atoms with Gasteiger partial charge in [0.05, 0.1) is 100 Å². The number of pyridine rings is 1. The van der Waals surface area contributed by atoms with Crippen LogP contribution in [0.5, 0.6) is 0 Å². The average molecular weight is 1730 g/mol. The number of amides is 4. The van der Waals surface area contributed by atoms with Crippen molar-refractivity contribution in [2.75, 3.05) is 140 Å². The molecule has 1 aliphatic carbocycles. The molecule has 0 radical (unpaired) electrons. The predicted octanol–water partition coefficient (Wildman–Crippen LogP) is 9.09. The van der Waals surface area contributed by atoms with Crippen LogP contribution in [0, 0.1) is 29.1 Å². The number of nitrogens with zero attached hydrogens (tertiary/aromatic N) is 11. The number of carbonyl (C=O) groups excluding carboxylic acids is 8. The number of piperidine rings is 1. The molecule has 5 aromatic heterocycles. The minimum absolute atomic E-state index is 0.0777. The van der Waals surface area contributed by atoms with Crippen molar-refractivity contribution in [3.8, 4) is 0 Å². The number of cyclic esters (lactones) is 1. The molecule has 5 aromatic rings. The first kappa shape index (κ1) is 95.3. The second kappa shape index (κ2) is 48.9. The first-order chi connectivity index (χ1) is 60.5. The van der Waals surface area contributed by atoms with Crippen LogP contribution < -0.4 is 31.5 Å². The SMILES string of the molecule is CO[C@H]1CC2CCCC(O2)C(=O)C(=O)N2CCCC[C@H]2C(=O)O[C@H](CC[C@H]2CC[C@H](OC(=O)N3CCc4nc(N5CCN(c6ncc(C(=O)NCCOCCOCCOCCOCCC(=O)NCCCCNc7ncnc(N)c7C(=N)c7cnc8[nH]ccc8c7)cn6)CC5)ncc4C3)CC2)CC(=O)[C@H](C)/C=C(\C)[C@@H](O)CC(=O)[C@H](C)C[C@H](C)/C=C/C=C/C=C/1C. The summed E-state index contributed by atoms with van der Waals surface area (Å²) in [5.41, 5.74) is 11.6. The fourth-order valence-electron chi connectivity index (χ4n) is 16.6. The van der Waals surface area contributed by atoms with E-state index in [9.17, 15) is 43.5 Å². The van der Waals surface area contributed by atoms with Gasteiger partial charge in [-0.2, -0.15) is 0 Å². The third kappa shape index (κ3) is 28.8. The van der Waals surface area contributed by atoms with E-state index in [4.69, 9.17) is 59.0 Å². The predicted molar refractivity (Wildman–Crippen MR) is 469 cm³/mol. The van der Waals surface area contributed by atoms with Gasteiger partial charge in [-0.05, 0) is 145 Å². The molecular formula is C91H127N17O17. The Kier molecular flexibility index (Phi) is 37.3. The average Bonchev–Trinajstić information content (AvgIpc) is 1.76. The summed E-state index contributed by atoms with van der Waals surface area (Å²) >= 11 is 0. The topological polar surface area (TPSA) is 436 Å². The Bertz CT molecular complexity index is 4540. The zero-order chi connectivity index (χ0) is 88.6.